The highest BCUT2D eigenvalue weighted by Gasteiger charge is 2.32. The molecule has 0 aromatic carbocycles. The van der Waals surface area contributed by atoms with E-state index in [4.69, 9.17) is 15.7 Å². The van der Waals surface area contributed by atoms with Gasteiger partial charge in [0.15, 0.2) is 0 Å². The van der Waals surface area contributed by atoms with Gasteiger partial charge in [0, 0.05) is 18.5 Å². The quantitative estimate of drug-likeness (QED) is 0.730. The molecule has 0 saturated heterocycles. The SMILES string of the molecule is CNc1ncnc(N)c1C(=N)c1noc(C2CC2)c1C. The third-order valence-electron chi connectivity index (χ3n) is 3.51. The number of hydrogen-bond donors (Lipinski definition) is 3. The average Bonchev–Trinajstić information content (AvgIpc) is 3.21. The van der Waals surface area contributed by atoms with E-state index < -0.39 is 0 Å². The number of rotatable bonds is 4. The lowest BCUT2D eigenvalue weighted by Crippen LogP contribution is -2.13. The molecule has 1 saturated carbocycles. The van der Waals surface area contributed by atoms with Crippen LogP contribution in [0.2, 0.25) is 0 Å². The zero-order valence-corrected chi connectivity index (χ0v) is 11.4. The lowest BCUT2D eigenvalue weighted by atomic mass is 10.0. The molecule has 7 heteroatoms. The molecule has 0 radical (unpaired) electrons. The van der Waals surface area contributed by atoms with E-state index in [2.05, 4.69) is 20.4 Å². The molecule has 20 heavy (non-hydrogen) atoms. The van der Waals surface area contributed by atoms with Crippen molar-refractivity contribution in [2.24, 2.45) is 0 Å². The zero-order valence-electron chi connectivity index (χ0n) is 11.4. The Morgan fingerprint density at radius 1 is 1.45 bits per heavy atom. The zero-order chi connectivity index (χ0) is 14.3. The Hall–Kier alpha value is -2.44. The summed E-state index contributed by atoms with van der Waals surface area (Å²) < 4.78 is 5.38. The van der Waals surface area contributed by atoms with E-state index in [-0.39, 0.29) is 11.5 Å². The van der Waals surface area contributed by atoms with Crippen LogP contribution >= 0.6 is 0 Å². The molecule has 3 rings (SSSR count). The normalized spacial score (nSPS) is 14.3. The Balaban J connectivity index is 2.05. The summed E-state index contributed by atoms with van der Waals surface area (Å²) in [5.41, 5.74) is 7.92. The fourth-order valence-electron chi connectivity index (χ4n) is 2.26. The van der Waals surface area contributed by atoms with Crippen molar-refractivity contribution in [2.45, 2.75) is 25.7 Å². The van der Waals surface area contributed by atoms with E-state index >= 15 is 0 Å². The molecule has 7 nitrogen and oxygen atoms in total. The topological polar surface area (TPSA) is 114 Å². The van der Waals surface area contributed by atoms with Crippen LogP contribution in [0.15, 0.2) is 10.9 Å². The van der Waals surface area contributed by atoms with E-state index in [9.17, 15) is 0 Å². The molecule has 2 heterocycles. The summed E-state index contributed by atoms with van der Waals surface area (Å²) in [5.74, 6) is 2.10. The molecule has 2 aromatic rings. The summed E-state index contributed by atoms with van der Waals surface area (Å²) in [6.45, 7) is 1.92. The molecule has 4 N–H and O–H groups in total. The summed E-state index contributed by atoms with van der Waals surface area (Å²) in [7, 11) is 1.73. The smallest absolute Gasteiger partial charge is 0.143 e. The van der Waals surface area contributed by atoms with E-state index in [1.807, 2.05) is 6.92 Å². The molecule has 104 valence electrons. The molecule has 2 aromatic heterocycles. The van der Waals surface area contributed by atoms with Gasteiger partial charge in [-0.05, 0) is 19.8 Å². The number of nitrogens with two attached hydrogens (primary N) is 1. The number of nitrogens with one attached hydrogen (secondary N) is 2. The van der Waals surface area contributed by atoms with Gasteiger partial charge in [-0.15, -0.1) is 0 Å². The highest BCUT2D eigenvalue weighted by Crippen LogP contribution is 2.42. The lowest BCUT2D eigenvalue weighted by molar-refractivity contribution is 0.382. The average molecular weight is 272 g/mol. The van der Waals surface area contributed by atoms with Gasteiger partial charge < -0.3 is 15.6 Å². The van der Waals surface area contributed by atoms with Gasteiger partial charge in [-0.3, -0.25) is 5.41 Å². The summed E-state index contributed by atoms with van der Waals surface area (Å²) in [5, 5.41) is 15.3. The minimum Gasteiger partial charge on any atom is -0.383 e. The predicted molar refractivity (Wildman–Crippen MR) is 75.1 cm³/mol. The van der Waals surface area contributed by atoms with Gasteiger partial charge in [0.25, 0.3) is 0 Å². The molecule has 0 aliphatic heterocycles. The molecule has 0 bridgehead atoms. The van der Waals surface area contributed by atoms with E-state index in [0.717, 1.165) is 24.2 Å². The van der Waals surface area contributed by atoms with Crippen molar-refractivity contribution in [1.82, 2.24) is 15.1 Å². The molecule has 1 aliphatic rings. The number of nitrogens with zero attached hydrogens (tertiary/aromatic N) is 3. The second kappa shape index (κ2) is 4.59. The van der Waals surface area contributed by atoms with Gasteiger partial charge in [0.05, 0.1) is 11.3 Å². The fraction of sp³-hybridized carbons (Fsp3) is 0.385. The lowest BCUT2D eigenvalue weighted by Gasteiger charge is -2.09. The first-order valence-electron chi connectivity index (χ1n) is 6.47. The Labute approximate surface area is 116 Å². The van der Waals surface area contributed by atoms with Crippen LogP contribution in [0.5, 0.6) is 0 Å². The molecule has 1 aliphatic carbocycles. The second-order valence-corrected chi connectivity index (χ2v) is 4.90. The Kier molecular flexibility index (Phi) is 2.89. The fourth-order valence-corrected chi connectivity index (χ4v) is 2.26. The van der Waals surface area contributed by atoms with Crippen molar-refractivity contribution in [2.75, 3.05) is 18.1 Å². The molecule has 1 fully saturated rings. The van der Waals surface area contributed by atoms with Gasteiger partial charge >= 0.3 is 0 Å². The van der Waals surface area contributed by atoms with Crippen LogP contribution in [-0.4, -0.2) is 27.9 Å². The summed E-state index contributed by atoms with van der Waals surface area (Å²) in [6.07, 6.45) is 3.62. The van der Waals surface area contributed by atoms with Crippen LogP contribution in [0.1, 0.15) is 41.3 Å². The molecule has 0 amide bonds. The first-order valence-corrected chi connectivity index (χ1v) is 6.47. The number of hydrogen-bond acceptors (Lipinski definition) is 7. The Bertz CT molecular complexity index is 673. The van der Waals surface area contributed by atoms with E-state index in [1.54, 1.807) is 7.05 Å². The van der Waals surface area contributed by atoms with Gasteiger partial charge in [0.2, 0.25) is 0 Å². The van der Waals surface area contributed by atoms with Crippen LogP contribution < -0.4 is 11.1 Å². The predicted octanol–water partition coefficient (Wildman–Crippen LogP) is 1.69. The third kappa shape index (κ3) is 1.91. The first kappa shape index (κ1) is 12.6. The van der Waals surface area contributed by atoms with E-state index in [0.29, 0.717) is 23.0 Å². The highest BCUT2D eigenvalue weighted by molar-refractivity contribution is 6.15. The maximum absolute atomic E-state index is 8.35. The molecule has 0 spiro atoms. The van der Waals surface area contributed by atoms with Crippen molar-refractivity contribution < 1.29 is 4.52 Å². The minimum absolute atomic E-state index is 0.181. The molecular weight excluding hydrogens is 256 g/mol. The van der Waals surface area contributed by atoms with Crippen molar-refractivity contribution >= 4 is 17.3 Å². The maximum Gasteiger partial charge on any atom is 0.143 e. The summed E-state index contributed by atoms with van der Waals surface area (Å²) in [6, 6.07) is 0. The van der Waals surface area contributed by atoms with Crippen LogP contribution in [0.25, 0.3) is 0 Å². The summed E-state index contributed by atoms with van der Waals surface area (Å²) >= 11 is 0. The van der Waals surface area contributed by atoms with Crippen molar-refractivity contribution in [3.05, 3.63) is 28.9 Å². The molecule has 0 unspecified atom stereocenters. The first-order chi connectivity index (χ1) is 9.63. The number of nitrogen functional groups attached to an aromatic ring is 1. The van der Waals surface area contributed by atoms with Gasteiger partial charge in [-0.2, -0.15) is 0 Å². The highest BCUT2D eigenvalue weighted by atomic mass is 16.5. The summed E-state index contributed by atoms with van der Waals surface area (Å²) in [4.78, 5) is 8.03. The maximum atomic E-state index is 8.35. The minimum atomic E-state index is 0.181. The van der Waals surface area contributed by atoms with Gasteiger partial charge in [-0.1, -0.05) is 5.16 Å². The standard InChI is InChI=1S/C13H16N6O/c1-6-10(19-20-11(6)7-3-4-7)9(14)8-12(15)17-5-18-13(8)16-2/h5,7,14H,3-4H2,1-2H3,(H3,15,16,17,18). The van der Waals surface area contributed by atoms with Crippen molar-refractivity contribution in [3.63, 3.8) is 0 Å². The molecular formula is C13H16N6O. The monoisotopic (exact) mass is 272 g/mol. The Morgan fingerprint density at radius 3 is 2.85 bits per heavy atom. The largest absolute Gasteiger partial charge is 0.383 e. The Morgan fingerprint density at radius 2 is 2.20 bits per heavy atom. The van der Waals surface area contributed by atoms with Gasteiger partial charge in [0.1, 0.15) is 29.4 Å². The third-order valence-corrected chi connectivity index (χ3v) is 3.51. The second-order valence-electron chi connectivity index (χ2n) is 4.90. The number of aromatic nitrogens is 3. The van der Waals surface area contributed by atoms with Gasteiger partial charge in [-0.25, -0.2) is 9.97 Å². The van der Waals surface area contributed by atoms with Crippen molar-refractivity contribution in [1.29, 1.82) is 5.41 Å². The molecule has 0 atom stereocenters. The van der Waals surface area contributed by atoms with Crippen LogP contribution in [-0.2, 0) is 0 Å². The van der Waals surface area contributed by atoms with Crippen molar-refractivity contribution in [3.8, 4) is 0 Å². The van der Waals surface area contributed by atoms with E-state index in [1.165, 1.54) is 6.33 Å². The van der Waals surface area contributed by atoms with Crippen LogP contribution in [0, 0.1) is 12.3 Å². The number of anilines is 2. The van der Waals surface area contributed by atoms with Crippen LogP contribution in [0.3, 0.4) is 0 Å². The van der Waals surface area contributed by atoms with Crippen LogP contribution in [0.4, 0.5) is 11.6 Å².